The Bertz CT molecular complexity index is 1100. The SMILES string of the molecule is COc1ccc(N2C(=O)C(C)(C)CS2(=O)=O)cc1S(=O)(=O)NCc1ccco1. The van der Waals surface area contributed by atoms with Crippen LogP contribution in [0.1, 0.15) is 19.6 Å². The molecule has 0 bridgehead atoms. The molecular formula is C17H20N2O7S2. The van der Waals surface area contributed by atoms with Crippen LogP contribution in [0, 0.1) is 5.41 Å². The smallest absolute Gasteiger partial charge is 0.247 e. The summed E-state index contributed by atoms with van der Waals surface area (Å²) in [7, 11) is -6.70. The maximum atomic E-state index is 12.8. The van der Waals surface area contributed by atoms with Gasteiger partial charge in [0.25, 0.3) is 0 Å². The predicted octanol–water partition coefficient (Wildman–Crippen LogP) is 1.47. The van der Waals surface area contributed by atoms with Crippen molar-refractivity contribution in [3.05, 3.63) is 42.4 Å². The Morgan fingerprint density at radius 2 is 2.00 bits per heavy atom. The second kappa shape index (κ2) is 6.90. The summed E-state index contributed by atoms with van der Waals surface area (Å²) in [6.45, 7) is 2.95. The fourth-order valence-electron chi connectivity index (χ4n) is 2.92. The van der Waals surface area contributed by atoms with E-state index in [0.29, 0.717) is 10.1 Å². The third-order valence-corrected chi connectivity index (χ3v) is 7.71. The summed E-state index contributed by atoms with van der Waals surface area (Å²) in [5, 5.41) is 0. The van der Waals surface area contributed by atoms with Crippen molar-refractivity contribution in [1.29, 1.82) is 0 Å². The molecule has 3 rings (SSSR count). The predicted molar refractivity (Wildman–Crippen MR) is 101 cm³/mol. The molecule has 152 valence electrons. The Morgan fingerprint density at radius 1 is 1.29 bits per heavy atom. The van der Waals surface area contributed by atoms with E-state index in [1.54, 1.807) is 12.1 Å². The Balaban J connectivity index is 2.02. The number of sulfonamides is 2. The summed E-state index contributed by atoms with van der Waals surface area (Å²) < 4.78 is 63.7. The van der Waals surface area contributed by atoms with Gasteiger partial charge in [0.2, 0.25) is 26.0 Å². The highest BCUT2D eigenvalue weighted by atomic mass is 32.2. The minimum absolute atomic E-state index is 0.0130. The zero-order chi connectivity index (χ0) is 20.7. The van der Waals surface area contributed by atoms with Crippen molar-refractivity contribution in [2.24, 2.45) is 5.41 Å². The number of nitrogens with one attached hydrogen (secondary N) is 1. The highest BCUT2D eigenvalue weighted by Gasteiger charge is 2.50. The lowest BCUT2D eigenvalue weighted by Gasteiger charge is -2.19. The monoisotopic (exact) mass is 428 g/mol. The number of anilines is 1. The summed E-state index contributed by atoms with van der Waals surface area (Å²) in [5.74, 6) is -0.565. The van der Waals surface area contributed by atoms with Gasteiger partial charge in [0.15, 0.2) is 0 Å². The molecule has 0 saturated carbocycles. The van der Waals surface area contributed by atoms with Crippen LogP contribution in [-0.2, 0) is 31.4 Å². The number of hydrogen-bond donors (Lipinski definition) is 1. The molecule has 0 unspecified atom stereocenters. The minimum Gasteiger partial charge on any atom is -0.495 e. The summed E-state index contributed by atoms with van der Waals surface area (Å²) in [6.07, 6.45) is 1.41. The van der Waals surface area contributed by atoms with Gasteiger partial charge in [-0.15, -0.1) is 0 Å². The fraction of sp³-hybridized carbons (Fsp3) is 0.353. The minimum atomic E-state index is -4.08. The van der Waals surface area contributed by atoms with E-state index in [0.717, 1.165) is 6.07 Å². The lowest BCUT2D eigenvalue weighted by molar-refractivity contribution is -0.123. The lowest BCUT2D eigenvalue weighted by atomic mass is 9.95. The van der Waals surface area contributed by atoms with Crippen molar-refractivity contribution in [3.8, 4) is 5.75 Å². The highest BCUT2D eigenvalue weighted by molar-refractivity contribution is 7.94. The van der Waals surface area contributed by atoms with Crippen LogP contribution in [0.25, 0.3) is 0 Å². The molecule has 0 spiro atoms. The number of hydrogen-bond acceptors (Lipinski definition) is 7. The normalized spacial score (nSPS) is 18.4. The van der Waals surface area contributed by atoms with Gasteiger partial charge in [0, 0.05) is 0 Å². The van der Waals surface area contributed by atoms with Crippen LogP contribution in [0.15, 0.2) is 45.9 Å². The van der Waals surface area contributed by atoms with Crippen molar-refractivity contribution in [2.45, 2.75) is 25.3 Å². The molecule has 0 atom stereocenters. The molecule has 1 fully saturated rings. The molecule has 28 heavy (non-hydrogen) atoms. The number of rotatable bonds is 6. The molecule has 1 saturated heterocycles. The van der Waals surface area contributed by atoms with Crippen LogP contribution in [-0.4, -0.2) is 35.6 Å². The fourth-order valence-corrected chi connectivity index (χ4v) is 6.20. The van der Waals surface area contributed by atoms with Gasteiger partial charge in [-0.2, -0.15) is 0 Å². The zero-order valence-electron chi connectivity index (χ0n) is 15.5. The van der Waals surface area contributed by atoms with Crippen LogP contribution in [0.4, 0.5) is 5.69 Å². The Labute approximate surface area is 163 Å². The van der Waals surface area contributed by atoms with E-state index >= 15 is 0 Å². The number of nitrogens with zero attached hydrogens (tertiary/aromatic N) is 1. The standard InChI is InChI=1S/C17H20N2O7S2/c1-17(2)11-27(21,22)19(16(17)20)12-6-7-14(25-3)15(9-12)28(23,24)18-10-13-5-4-8-26-13/h4-9,18H,10-11H2,1-3H3. The molecule has 2 heterocycles. The number of methoxy groups -OCH3 is 1. The van der Waals surface area contributed by atoms with Gasteiger partial charge in [-0.1, -0.05) is 0 Å². The molecule has 1 aliphatic rings. The number of ether oxygens (including phenoxy) is 1. The molecule has 2 aromatic rings. The maximum absolute atomic E-state index is 12.8. The Morgan fingerprint density at radius 3 is 2.54 bits per heavy atom. The first-order valence-electron chi connectivity index (χ1n) is 8.25. The van der Waals surface area contributed by atoms with Gasteiger partial charge in [0.1, 0.15) is 16.4 Å². The molecule has 1 aromatic heterocycles. The molecular weight excluding hydrogens is 408 g/mol. The average molecular weight is 428 g/mol. The van der Waals surface area contributed by atoms with Gasteiger partial charge in [-0.3, -0.25) is 4.79 Å². The number of carbonyl (C=O) groups is 1. The van der Waals surface area contributed by atoms with Gasteiger partial charge in [-0.05, 0) is 44.2 Å². The van der Waals surface area contributed by atoms with E-state index in [-0.39, 0.29) is 28.6 Å². The third-order valence-electron chi connectivity index (χ3n) is 4.27. The second-order valence-electron chi connectivity index (χ2n) is 6.95. The summed E-state index contributed by atoms with van der Waals surface area (Å²) >= 11 is 0. The lowest BCUT2D eigenvalue weighted by Crippen LogP contribution is -2.33. The first kappa shape index (κ1) is 20.4. The van der Waals surface area contributed by atoms with Crippen LogP contribution in [0.3, 0.4) is 0 Å². The van der Waals surface area contributed by atoms with E-state index in [1.807, 2.05) is 0 Å². The van der Waals surface area contributed by atoms with Crippen molar-refractivity contribution in [3.63, 3.8) is 0 Å². The van der Waals surface area contributed by atoms with Crippen LogP contribution >= 0.6 is 0 Å². The number of furan rings is 1. The van der Waals surface area contributed by atoms with Gasteiger partial charge >= 0.3 is 0 Å². The second-order valence-corrected chi connectivity index (χ2v) is 10.5. The number of carbonyl (C=O) groups excluding carboxylic acids is 1. The van der Waals surface area contributed by atoms with Crippen LogP contribution in [0.2, 0.25) is 0 Å². The molecule has 1 amide bonds. The number of amides is 1. The molecule has 0 aliphatic carbocycles. The summed E-state index contributed by atoms with van der Waals surface area (Å²) in [5.41, 5.74) is -1.16. The molecule has 1 aromatic carbocycles. The molecule has 1 N–H and O–H groups in total. The highest BCUT2D eigenvalue weighted by Crippen LogP contribution is 2.38. The first-order chi connectivity index (χ1) is 13.0. The van der Waals surface area contributed by atoms with Crippen molar-refractivity contribution < 1.29 is 30.8 Å². The molecule has 9 nitrogen and oxygen atoms in total. The first-order valence-corrected chi connectivity index (χ1v) is 11.3. The van der Waals surface area contributed by atoms with Crippen LogP contribution in [0.5, 0.6) is 5.75 Å². The summed E-state index contributed by atoms with van der Waals surface area (Å²) in [4.78, 5) is 12.3. The number of benzene rings is 1. The molecule has 11 heteroatoms. The third kappa shape index (κ3) is 3.64. The Hall–Kier alpha value is -2.37. The van der Waals surface area contributed by atoms with Gasteiger partial charge in [0.05, 0.1) is 36.8 Å². The van der Waals surface area contributed by atoms with Crippen molar-refractivity contribution in [2.75, 3.05) is 17.2 Å². The van der Waals surface area contributed by atoms with E-state index in [1.165, 1.54) is 39.4 Å². The van der Waals surface area contributed by atoms with E-state index < -0.39 is 31.4 Å². The topological polar surface area (TPSA) is 123 Å². The van der Waals surface area contributed by atoms with E-state index in [4.69, 9.17) is 9.15 Å². The van der Waals surface area contributed by atoms with Crippen molar-refractivity contribution in [1.82, 2.24) is 4.72 Å². The summed E-state index contributed by atoms with van der Waals surface area (Å²) in [6, 6.07) is 6.98. The van der Waals surface area contributed by atoms with Crippen molar-refractivity contribution >= 4 is 31.6 Å². The zero-order valence-corrected chi connectivity index (χ0v) is 17.1. The molecule has 0 radical (unpaired) electrons. The van der Waals surface area contributed by atoms with E-state index in [2.05, 4.69) is 4.72 Å². The maximum Gasteiger partial charge on any atom is 0.247 e. The van der Waals surface area contributed by atoms with Gasteiger partial charge in [-0.25, -0.2) is 25.9 Å². The molecule has 1 aliphatic heterocycles. The van der Waals surface area contributed by atoms with Crippen LogP contribution < -0.4 is 13.8 Å². The largest absolute Gasteiger partial charge is 0.495 e. The van der Waals surface area contributed by atoms with Gasteiger partial charge < -0.3 is 9.15 Å². The van der Waals surface area contributed by atoms with E-state index in [9.17, 15) is 21.6 Å². The average Bonchev–Trinajstić information content (AvgIpc) is 3.17. The quantitative estimate of drug-likeness (QED) is 0.739. The Kier molecular flexibility index (Phi) is 5.02.